The molecule has 1 aromatic rings. The zero-order valence-electron chi connectivity index (χ0n) is 11.9. The summed E-state index contributed by atoms with van der Waals surface area (Å²) in [6, 6.07) is 6.82. The monoisotopic (exact) mass is 274 g/mol. The van der Waals surface area contributed by atoms with Crippen LogP contribution in [0.2, 0.25) is 0 Å². The molecule has 1 saturated heterocycles. The molecule has 20 heavy (non-hydrogen) atoms. The number of amides is 1. The average molecular weight is 274 g/mol. The van der Waals surface area contributed by atoms with Crippen LogP contribution in [0, 0.1) is 5.92 Å². The highest BCUT2D eigenvalue weighted by atomic mass is 16.3. The number of carbonyl (C=O) groups is 1. The second-order valence-corrected chi connectivity index (χ2v) is 5.51. The van der Waals surface area contributed by atoms with Crippen molar-refractivity contribution in [1.29, 1.82) is 0 Å². The van der Waals surface area contributed by atoms with Crippen molar-refractivity contribution in [1.82, 2.24) is 4.90 Å². The number of benzene rings is 1. The Morgan fingerprint density at radius 1 is 1.40 bits per heavy atom. The molecule has 108 valence electrons. The normalized spacial score (nSPS) is 16.9. The van der Waals surface area contributed by atoms with Gasteiger partial charge < -0.3 is 10.4 Å². The first-order valence-corrected chi connectivity index (χ1v) is 7.02. The second-order valence-electron chi connectivity index (χ2n) is 5.51. The third-order valence-electron chi connectivity index (χ3n) is 3.61. The fraction of sp³-hybridized carbons (Fsp3) is 0.438. The van der Waals surface area contributed by atoms with Crippen molar-refractivity contribution in [2.45, 2.75) is 19.8 Å². The van der Waals surface area contributed by atoms with Crippen LogP contribution in [0.25, 0.3) is 0 Å². The minimum atomic E-state index is 0.00137. The number of carbonyl (C=O) groups excluding carboxylic acids is 1. The van der Waals surface area contributed by atoms with Crippen LogP contribution in [-0.4, -0.2) is 35.5 Å². The third-order valence-corrected chi connectivity index (χ3v) is 3.61. The van der Waals surface area contributed by atoms with Crippen molar-refractivity contribution in [3.63, 3.8) is 0 Å². The molecular weight excluding hydrogens is 252 g/mol. The molecule has 0 bridgehead atoms. The molecule has 0 spiro atoms. The van der Waals surface area contributed by atoms with Crippen LogP contribution in [-0.2, 0) is 4.79 Å². The van der Waals surface area contributed by atoms with Crippen molar-refractivity contribution in [3.05, 3.63) is 36.4 Å². The maximum Gasteiger partial charge on any atom is 0.227 e. The quantitative estimate of drug-likeness (QED) is 0.655. The standard InChI is InChI=1S/C16H22N2O2/c1-12(2)11-18-9-7-13(8-10-18)16(20)17-14-5-3-4-6-15(14)19/h3-6,13,19H,1,7-11H2,2H3,(H,17,20). The molecule has 4 nitrogen and oxygen atoms in total. The van der Waals surface area contributed by atoms with Crippen LogP contribution < -0.4 is 5.32 Å². The second kappa shape index (κ2) is 6.57. The van der Waals surface area contributed by atoms with Gasteiger partial charge >= 0.3 is 0 Å². The van der Waals surface area contributed by atoms with Crippen LogP contribution in [0.5, 0.6) is 5.75 Å². The molecule has 0 radical (unpaired) electrons. The highest BCUT2D eigenvalue weighted by molar-refractivity contribution is 5.93. The molecule has 1 fully saturated rings. The number of phenols is 1. The molecular formula is C16H22N2O2. The number of para-hydroxylation sites is 2. The summed E-state index contributed by atoms with van der Waals surface area (Å²) >= 11 is 0. The topological polar surface area (TPSA) is 52.6 Å². The number of piperidine rings is 1. The first-order valence-electron chi connectivity index (χ1n) is 7.02. The van der Waals surface area contributed by atoms with Gasteiger partial charge in [0.05, 0.1) is 5.69 Å². The molecule has 4 heteroatoms. The van der Waals surface area contributed by atoms with E-state index < -0.39 is 0 Å². The Labute approximate surface area is 120 Å². The maximum absolute atomic E-state index is 12.2. The fourth-order valence-corrected chi connectivity index (χ4v) is 2.55. The minimum Gasteiger partial charge on any atom is -0.506 e. The molecule has 1 aromatic carbocycles. The van der Waals surface area contributed by atoms with Gasteiger partial charge in [0.1, 0.15) is 5.75 Å². The van der Waals surface area contributed by atoms with Crippen LogP contribution in [0.4, 0.5) is 5.69 Å². The number of hydrogen-bond donors (Lipinski definition) is 2. The fourth-order valence-electron chi connectivity index (χ4n) is 2.55. The van der Waals surface area contributed by atoms with Gasteiger partial charge in [-0.05, 0) is 45.0 Å². The molecule has 0 atom stereocenters. The number of likely N-dealkylation sites (tertiary alicyclic amines) is 1. The number of rotatable bonds is 4. The van der Waals surface area contributed by atoms with Gasteiger partial charge in [0.2, 0.25) is 5.91 Å². The predicted octanol–water partition coefficient (Wildman–Crippen LogP) is 2.62. The largest absolute Gasteiger partial charge is 0.506 e. The van der Waals surface area contributed by atoms with Gasteiger partial charge in [-0.3, -0.25) is 9.69 Å². The van der Waals surface area contributed by atoms with Gasteiger partial charge in [-0.1, -0.05) is 24.3 Å². The van der Waals surface area contributed by atoms with Gasteiger partial charge in [0.25, 0.3) is 0 Å². The van der Waals surface area contributed by atoms with E-state index >= 15 is 0 Å². The summed E-state index contributed by atoms with van der Waals surface area (Å²) in [6.45, 7) is 8.70. The van der Waals surface area contributed by atoms with Crippen molar-refractivity contribution in [2.24, 2.45) is 5.92 Å². The van der Waals surface area contributed by atoms with Gasteiger partial charge in [0, 0.05) is 12.5 Å². The van der Waals surface area contributed by atoms with E-state index in [1.54, 1.807) is 24.3 Å². The first kappa shape index (κ1) is 14.6. The van der Waals surface area contributed by atoms with Crippen molar-refractivity contribution in [2.75, 3.05) is 25.0 Å². The van der Waals surface area contributed by atoms with Crippen LogP contribution >= 0.6 is 0 Å². The molecule has 0 saturated carbocycles. The summed E-state index contributed by atoms with van der Waals surface area (Å²) in [4.78, 5) is 14.5. The highest BCUT2D eigenvalue weighted by Gasteiger charge is 2.25. The number of nitrogens with one attached hydrogen (secondary N) is 1. The zero-order valence-corrected chi connectivity index (χ0v) is 11.9. The molecule has 1 aliphatic rings. The lowest BCUT2D eigenvalue weighted by Crippen LogP contribution is -2.38. The van der Waals surface area contributed by atoms with Gasteiger partial charge in [-0.25, -0.2) is 0 Å². The summed E-state index contributed by atoms with van der Waals surface area (Å²) in [7, 11) is 0. The number of hydrogen-bond acceptors (Lipinski definition) is 3. The van der Waals surface area contributed by atoms with E-state index in [4.69, 9.17) is 0 Å². The average Bonchev–Trinajstić information content (AvgIpc) is 2.41. The number of anilines is 1. The van der Waals surface area contributed by atoms with E-state index in [1.807, 2.05) is 6.92 Å². The van der Waals surface area contributed by atoms with Crippen LogP contribution in [0.15, 0.2) is 36.4 Å². The highest BCUT2D eigenvalue weighted by Crippen LogP contribution is 2.24. The Morgan fingerprint density at radius 2 is 2.05 bits per heavy atom. The van der Waals surface area contributed by atoms with Crippen molar-refractivity contribution in [3.8, 4) is 5.75 Å². The van der Waals surface area contributed by atoms with E-state index in [-0.39, 0.29) is 17.6 Å². The van der Waals surface area contributed by atoms with Crippen LogP contribution in [0.3, 0.4) is 0 Å². The smallest absolute Gasteiger partial charge is 0.227 e. The molecule has 1 aliphatic heterocycles. The number of nitrogens with zero attached hydrogens (tertiary/aromatic N) is 1. The summed E-state index contributed by atoms with van der Waals surface area (Å²) < 4.78 is 0. The Morgan fingerprint density at radius 3 is 2.65 bits per heavy atom. The third kappa shape index (κ3) is 3.84. The SMILES string of the molecule is C=C(C)CN1CCC(C(=O)Nc2ccccc2O)CC1. The number of aromatic hydroxyl groups is 1. The van der Waals surface area contributed by atoms with Gasteiger partial charge in [-0.15, -0.1) is 0 Å². The molecule has 1 amide bonds. The lowest BCUT2D eigenvalue weighted by molar-refractivity contribution is -0.121. The van der Waals surface area contributed by atoms with E-state index in [9.17, 15) is 9.90 Å². The van der Waals surface area contributed by atoms with Crippen LogP contribution in [0.1, 0.15) is 19.8 Å². The summed E-state index contributed by atoms with van der Waals surface area (Å²) in [6.07, 6.45) is 1.71. The summed E-state index contributed by atoms with van der Waals surface area (Å²) in [5.74, 6) is 0.137. The molecule has 0 unspecified atom stereocenters. The van der Waals surface area contributed by atoms with Gasteiger partial charge in [-0.2, -0.15) is 0 Å². The maximum atomic E-state index is 12.2. The summed E-state index contributed by atoms with van der Waals surface area (Å²) in [5.41, 5.74) is 1.64. The molecule has 2 N–H and O–H groups in total. The van der Waals surface area contributed by atoms with E-state index in [0.717, 1.165) is 38.0 Å². The minimum absolute atomic E-state index is 0.00137. The molecule has 2 rings (SSSR count). The van der Waals surface area contributed by atoms with Gasteiger partial charge in [0.15, 0.2) is 0 Å². The number of phenolic OH excluding ortho intramolecular Hbond substituents is 1. The lowest BCUT2D eigenvalue weighted by atomic mass is 9.95. The Balaban J connectivity index is 1.86. The van der Waals surface area contributed by atoms with Crippen molar-refractivity contribution >= 4 is 11.6 Å². The first-order chi connectivity index (χ1) is 9.56. The Bertz CT molecular complexity index is 491. The Hall–Kier alpha value is -1.81. The molecule has 1 heterocycles. The lowest BCUT2D eigenvalue weighted by Gasteiger charge is -2.31. The summed E-state index contributed by atoms with van der Waals surface area (Å²) in [5, 5.41) is 12.5. The Kier molecular flexibility index (Phi) is 4.79. The predicted molar refractivity (Wildman–Crippen MR) is 80.7 cm³/mol. The van der Waals surface area contributed by atoms with E-state index in [0.29, 0.717) is 5.69 Å². The van der Waals surface area contributed by atoms with E-state index in [1.165, 1.54) is 0 Å². The molecule has 0 aromatic heterocycles. The van der Waals surface area contributed by atoms with Crippen molar-refractivity contribution < 1.29 is 9.90 Å². The van der Waals surface area contributed by atoms with E-state index in [2.05, 4.69) is 16.8 Å². The zero-order chi connectivity index (χ0) is 14.5. The molecule has 0 aliphatic carbocycles.